The number of carbonyl (C=O) groups excluding carboxylic acids is 1. The van der Waals surface area contributed by atoms with Crippen LogP contribution in [0, 0.1) is 0 Å². The number of likely N-dealkylation sites (tertiary alicyclic amines) is 1. The lowest BCUT2D eigenvalue weighted by molar-refractivity contribution is 0.0417. The van der Waals surface area contributed by atoms with E-state index in [9.17, 15) is 4.79 Å². The summed E-state index contributed by atoms with van der Waals surface area (Å²) in [6.07, 6.45) is 7.77. The average molecular weight is 713 g/mol. The van der Waals surface area contributed by atoms with Gasteiger partial charge in [-0.3, -0.25) is 4.90 Å². The molecule has 9 nitrogen and oxygen atoms in total. The van der Waals surface area contributed by atoms with Crippen molar-refractivity contribution in [2.24, 2.45) is 4.36 Å². The number of hydrogen-bond acceptors (Lipinski definition) is 6. The van der Waals surface area contributed by atoms with E-state index >= 15 is 4.21 Å². The van der Waals surface area contributed by atoms with Gasteiger partial charge in [0.25, 0.3) is 0 Å². The van der Waals surface area contributed by atoms with Crippen molar-refractivity contribution in [2.75, 3.05) is 25.0 Å². The van der Waals surface area contributed by atoms with Gasteiger partial charge in [-0.05, 0) is 96.5 Å². The van der Waals surface area contributed by atoms with Crippen LogP contribution in [0.25, 0.3) is 0 Å². The van der Waals surface area contributed by atoms with Crippen molar-refractivity contribution in [1.82, 2.24) is 19.4 Å². The van der Waals surface area contributed by atoms with Gasteiger partial charge in [0.1, 0.15) is 17.0 Å². The van der Waals surface area contributed by atoms with Crippen LogP contribution in [0.2, 0.25) is 0 Å². The van der Waals surface area contributed by atoms with Gasteiger partial charge in [0.15, 0.2) is 9.92 Å². The zero-order chi connectivity index (χ0) is 35.3. The Balaban J connectivity index is 1.23. The first-order valence-corrected chi connectivity index (χ1v) is 20.1. The highest BCUT2D eigenvalue weighted by molar-refractivity contribution is 7.92. The zero-order valence-electron chi connectivity index (χ0n) is 29.5. The van der Waals surface area contributed by atoms with Crippen molar-refractivity contribution in [3.63, 3.8) is 0 Å². The van der Waals surface area contributed by atoms with Crippen LogP contribution in [0.1, 0.15) is 71.0 Å². The third kappa shape index (κ3) is 5.60. The van der Waals surface area contributed by atoms with Gasteiger partial charge in [-0.2, -0.15) is 9.46 Å². The van der Waals surface area contributed by atoms with Gasteiger partial charge in [-0.15, -0.1) is 0 Å². The Morgan fingerprint density at radius 3 is 2.15 bits per heavy atom. The van der Waals surface area contributed by atoms with Crippen LogP contribution in [-0.4, -0.2) is 50.7 Å². The van der Waals surface area contributed by atoms with Gasteiger partial charge < -0.3 is 10.1 Å². The quantitative estimate of drug-likeness (QED) is 0.163. The van der Waals surface area contributed by atoms with Crippen LogP contribution < -0.4 is 14.8 Å². The van der Waals surface area contributed by atoms with Crippen LogP contribution in [0.15, 0.2) is 113 Å². The minimum atomic E-state index is -3.82. The number of carbonyl (C=O) groups is 1. The highest BCUT2D eigenvalue weighted by Gasteiger charge is 2.41. The third-order valence-electron chi connectivity index (χ3n) is 11.4. The summed E-state index contributed by atoms with van der Waals surface area (Å²) in [7, 11) is -3.82. The molecule has 5 aromatic rings. The number of urea groups is 1. The fraction of sp³-hybridized carbons (Fsp3) is 0.333. The van der Waals surface area contributed by atoms with Crippen molar-refractivity contribution in [3.8, 4) is 5.88 Å². The Morgan fingerprint density at radius 2 is 1.54 bits per heavy atom. The lowest BCUT2D eigenvalue weighted by Crippen LogP contribution is -2.51. The molecule has 1 unspecified atom stereocenters. The van der Waals surface area contributed by atoms with Crippen molar-refractivity contribution < 1.29 is 13.7 Å². The van der Waals surface area contributed by atoms with Crippen molar-refractivity contribution >= 4 is 21.6 Å². The zero-order valence-corrected chi connectivity index (χ0v) is 30.3. The van der Waals surface area contributed by atoms with Crippen LogP contribution in [0.3, 0.4) is 0 Å². The molecule has 3 heterocycles. The molecule has 2 aliphatic heterocycles. The molecule has 1 aromatic heterocycles. The number of rotatable bonds is 8. The molecular formula is C42H44N6O3S. The molecule has 2 N–H and O–H groups in total. The Kier molecular flexibility index (Phi) is 8.39. The first-order chi connectivity index (χ1) is 25.4. The van der Waals surface area contributed by atoms with Crippen molar-refractivity contribution in [2.45, 2.75) is 74.4 Å². The molecule has 0 bridgehead atoms. The first kappa shape index (κ1) is 32.9. The van der Waals surface area contributed by atoms with Gasteiger partial charge >= 0.3 is 6.03 Å². The predicted octanol–water partition coefficient (Wildman–Crippen LogP) is 7.44. The summed E-state index contributed by atoms with van der Waals surface area (Å²) in [5.41, 5.74) is 7.05. The summed E-state index contributed by atoms with van der Waals surface area (Å²) in [5.74, 6) is 0.701. The molecule has 52 heavy (non-hydrogen) atoms. The number of nitrogens with one attached hydrogen (secondary N) is 2. The van der Waals surface area contributed by atoms with E-state index in [1.165, 1.54) is 28.7 Å². The van der Waals surface area contributed by atoms with Crippen LogP contribution >= 0.6 is 0 Å². The van der Waals surface area contributed by atoms with Gasteiger partial charge in [0.05, 0.1) is 18.8 Å². The van der Waals surface area contributed by atoms with Gasteiger partial charge in [0.2, 0.25) is 5.88 Å². The van der Waals surface area contributed by atoms with E-state index in [0.717, 1.165) is 67.6 Å². The van der Waals surface area contributed by atoms with Crippen LogP contribution in [0.4, 0.5) is 10.5 Å². The maximum atomic E-state index is 16.2. The molecule has 0 saturated carbocycles. The van der Waals surface area contributed by atoms with E-state index in [1.54, 1.807) is 10.9 Å². The van der Waals surface area contributed by atoms with E-state index in [2.05, 4.69) is 27.9 Å². The predicted molar refractivity (Wildman–Crippen MR) is 203 cm³/mol. The Morgan fingerprint density at radius 1 is 0.885 bits per heavy atom. The highest BCUT2D eigenvalue weighted by atomic mass is 32.2. The highest BCUT2D eigenvalue weighted by Crippen LogP contribution is 2.45. The molecule has 1 saturated heterocycles. The molecule has 1 fully saturated rings. The molecule has 4 aromatic carbocycles. The fourth-order valence-electron chi connectivity index (χ4n) is 8.71. The summed E-state index contributed by atoms with van der Waals surface area (Å²) in [4.78, 5) is 17.2. The summed E-state index contributed by atoms with van der Waals surface area (Å²) in [6.45, 7) is 5.35. The standard InChI is InChI=1S/C42H44N6O3S/c1-29-21-22-31-25-30-13-11-20-36(30)39(38(29)31)44-41(49)45-52(50,37-26-43-48-27-35(28-51-40(37)48)47-23-12-24-47)46-42(32-14-5-2-6-15-32,33-16-7-3-8-17-33)34-18-9-4-10-19-34/h2-10,14-19,25-26,29,35H,11-13,20-24,27-28H2,1H3,(H2,44,45,46,49,50)/t29-,35-,52?/m0/s1. The van der Waals surface area contributed by atoms with Crippen molar-refractivity contribution in [3.05, 3.63) is 142 Å². The summed E-state index contributed by atoms with van der Waals surface area (Å²) >= 11 is 0. The smallest absolute Gasteiger partial charge is 0.331 e. The molecule has 3 atom stereocenters. The maximum absolute atomic E-state index is 16.2. The summed E-state index contributed by atoms with van der Waals surface area (Å²) < 4.78 is 32.8. The summed E-state index contributed by atoms with van der Waals surface area (Å²) in [5, 5.41) is 7.96. The Bertz CT molecular complexity index is 2150. The van der Waals surface area contributed by atoms with E-state index in [4.69, 9.17) is 14.2 Å². The molecule has 266 valence electrons. The minimum absolute atomic E-state index is 0.180. The average Bonchev–Trinajstić information content (AvgIpc) is 3.90. The van der Waals surface area contributed by atoms with Crippen molar-refractivity contribution in [1.29, 1.82) is 0 Å². The van der Waals surface area contributed by atoms with Crippen LogP contribution in [-0.2, 0) is 41.3 Å². The molecule has 0 radical (unpaired) electrons. The fourth-order valence-corrected chi connectivity index (χ4v) is 10.6. The van der Waals surface area contributed by atoms with E-state index in [1.807, 2.05) is 91.0 Å². The molecule has 2 aliphatic carbocycles. The summed E-state index contributed by atoms with van der Waals surface area (Å²) in [6, 6.07) is 31.6. The Labute approximate surface area is 305 Å². The third-order valence-corrected chi connectivity index (χ3v) is 13.3. The number of anilines is 1. The number of hydrogen-bond donors (Lipinski definition) is 2. The normalized spacial score (nSPS) is 20.4. The van der Waals surface area contributed by atoms with Gasteiger partial charge in [0, 0.05) is 5.69 Å². The lowest BCUT2D eigenvalue weighted by atomic mass is 9.78. The second-order valence-corrected chi connectivity index (χ2v) is 16.5. The maximum Gasteiger partial charge on any atom is 0.331 e. The number of aromatic nitrogens is 2. The molecule has 0 spiro atoms. The SMILES string of the molecule is C[C@H]1CCc2cc3c(c(NC(=O)NS(=O)(=NC(c4ccccc4)(c4ccccc4)c4ccccc4)c4cnn5c4OC[C@@H](N4CCC4)C5)c21)CCC3. The molecular weight excluding hydrogens is 669 g/mol. The number of aryl methyl sites for hydroxylation is 2. The van der Waals surface area contributed by atoms with E-state index in [0.29, 0.717) is 24.9 Å². The van der Waals surface area contributed by atoms with Gasteiger partial charge in [-0.1, -0.05) is 104 Å². The molecule has 2 amide bonds. The number of nitrogens with zero attached hydrogens (tertiary/aromatic N) is 4. The largest absolute Gasteiger partial charge is 0.475 e. The Hall–Kier alpha value is -4.93. The number of fused-ring (bicyclic) bond motifs is 3. The van der Waals surface area contributed by atoms with E-state index in [-0.39, 0.29) is 10.9 Å². The number of benzene rings is 4. The van der Waals surface area contributed by atoms with Crippen LogP contribution in [0.5, 0.6) is 5.88 Å². The van der Waals surface area contributed by atoms with E-state index < -0.39 is 21.5 Å². The topological polar surface area (TPSA) is 101 Å². The van der Waals surface area contributed by atoms with Gasteiger partial charge in [-0.25, -0.2) is 18.4 Å². The molecule has 10 heteroatoms. The minimum Gasteiger partial charge on any atom is -0.475 e. The lowest BCUT2D eigenvalue weighted by Gasteiger charge is -2.40. The molecule has 4 aliphatic rings. The number of ether oxygens (including phenoxy) is 1. The first-order valence-electron chi connectivity index (χ1n) is 18.6. The second kappa shape index (κ2) is 13.2. The monoisotopic (exact) mass is 712 g/mol. The molecule has 9 rings (SSSR count). The second-order valence-electron chi connectivity index (χ2n) is 14.6. The number of amides is 2.